The highest BCUT2D eigenvalue weighted by molar-refractivity contribution is 5.96. The Hall–Kier alpha value is -1.71. The lowest BCUT2D eigenvalue weighted by atomic mass is 9.90. The second kappa shape index (κ2) is 10.9. The second-order valence-electron chi connectivity index (χ2n) is 6.38. The average Bonchev–Trinajstić information content (AvgIpc) is 2.55. The highest BCUT2D eigenvalue weighted by Crippen LogP contribution is 2.20. The van der Waals surface area contributed by atoms with Crippen molar-refractivity contribution in [3.8, 4) is 0 Å². The van der Waals surface area contributed by atoms with Gasteiger partial charge in [-0.2, -0.15) is 0 Å². The molecule has 0 N–H and O–H groups in total. The van der Waals surface area contributed by atoms with E-state index in [0.29, 0.717) is 5.56 Å². The Labute approximate surface area is 139 Å². The van der Waals surface area contributed by atoms with Gasteiger partial charge >= 0.3 is 0 Å². The SMILES string of the molecule is CCCCCCCC[C@H](C)[C@@H](CC(=O)c1ccccc1)[N+](=O)[O-]. The van der Waals surface area contributed by atoms with Crippen molar-refractivity contribution in [3.63, 3.8) is 0 Å². The zero-order valence-corrected chi connectivity index (χ0v) is 14.4. The smallest absolute Gasteiger partial charge is 0.222 e. The molecule has 23 heavy (non-hydrogen) atoms. The van der Waals surface area contributed by atoms with Crippen molar-refractivity contribution < 1.29 is 9.72 Å². The van der Waals surface area contributed by atoms with Crippen molar-refractivity contribution in [3.05, 3.63) is 46.0 Å². The predicted molar refractivity (Wildman–Crippen MR) is 93.3 cm³/mol. The summed E-state index contributed by atoms with van der Waals surface area (Å²) >= 11 is 0. The zero-order valence-electron chi connectivity index (χ0n) is 14.4. The summed E-state index contributed by atoms with van der Waals surface area (Å²) in [4.78, 5) is 23.3. The van der Waals surface area contributed by atoms with E-state index >= 15 is 0 Å². The normalized spacial score (nSPS) is 13.5. The first-order chi connectivity index (χ1) is 11.1. The lowest BCUT2D eigenvalue weighted by Gasteiger charge is -2.16. The molecule has 4 nitrogen and oxygen atoms in total. The molecule has 0 aliphatic heterocycles. The Morgan fingerprint density at radius 2 is 1.70 bits per heavy atom. The standard InChI is InChI=1S/C19H29NO3/c1-3-4-5-6-7-9-12-16(2)18(20(22)23)15-19(21)17-13-10-8-11-14-17/h8,10-11,13-14,16,18H,3-7,9,12,15H2,1-2H3/t16-,18+/m0/s1. The van der Waals surface area contributed by atoms with E-state index in [1.807, 2.05) is 13.0 Å². The number of unbranched alkanes of at least 4 members (excludes halogenated alkanes) is 5. The lowest BCUT2D eigenvalue weighted by molar-refractivity contribution is -0.530. The summed E-state index contributed by atoms with van der Waals surface area (Å²) in [5.41, 5.74) is 0.561. The van der Waals surface area contributed by atoms with E-state index in [4.69, 9.17) is 0 Å². The van der Waals surface area contributed by atoms with Gasteiger partial charge in [-0.25, -0.2) is 0 Å². The summed E-state index contributed by atoms with van der Waals surface area (Å²) in [5.74, 6) is -0.203. The van der Waals surface area contributed by atoms with Gasteiger partial charge in [-0.05, 0) is 6.42 Å². The fourth-order valence-electron chi connectivity index (χ4n) is 2.85. The van der Waals surface area contributed by atoms with Gasteiger partial charge in [0.2, 0.25) is 6.04 Å². The van der Waals surface area contributed by atoms with Crippen LogP contribution in [-0.2, 0) is 0 Å². The van der Waals surface area contributed by atoms with E-state index in [0.717, 1.165) is 19.3 Å². The number of carbonyl (C=O) groups excluding carboxylic acids is 1. The Kier molecular flexibility index (Phi) is 9.18. The summed E-state index contributed by atoms with van der Waals surface area (Å²) < 4.78 is 0. The first-order valence-electron chi connectivity index (χ1n) is 8.78. The average molecular weight is 319 g/mol. The van der Waals surface area contributed by atoms with Crippen LogP contribution in [-0.4, -0.2) is 16.7 Å². The van der Waals surface area contributed by atoms with Gasteiger partial charge in [0.15, 0.2) is 5.78 Å². The molecule has 1 aromatic carbocycles. The van der Waals surface area contributed by atoms with Crippen molar-refractivity contribution in [1.82, 2.24) is 0 Å². The van der Waals surface area contributed by atoms with Crippen LogP contribution >= 0.6 is 0 Å². The molecule has 128 valence electrons. The van der Waals surface area contributed by atoms with E-state index in [9.17, 15) is 14.9 Å². The molecule has 0 aliphatic rings. The van der Waals surface area contributed by atoms with Crippen LogP contribution < -0.4 is 0 Å². The maximum absolute atomic E-state index is 12.2. The van der Waals surface area contributed by atoms with Crippen LogP contribution in [0.15, 0.2) is 30.3 Å². The first-order valence-corrected chi connectivity index (χ1v) is 8.78. The third-order valence-corrected chi connectivity index (χ3v) is 4.43. The number of nitrogens with zero attached hydrogens (tertiary/aromatic N) is 1. The lowest BCUT2D eigenvalue weighted by Crippen LogP contribution is -2.30. The molecule has 1 aromatic rings. The first kappa shape index (κ1) is 19.3. The van der Waals surface area contributed by atoms with Crippen LogP contribution in [0, 0.1) is 16.0 Å². The van der Waals surface area contributed by atoms with Gasteiger partial charge in [0, 0.05) is 16.4 Å². The van der Waals surface area contributed by atoms with Gasteiger partial charge in [-0.15, -0.1) is 0 Å². The Balaban J connectivity index is 2.44. The predicted octanol–water partition coefficient (Wildman–Crippen LogP) is 5.29. The largest absolute Gasteiger partial charge is 0.294 e. The molecule has 0 fully saturated rings. The molecule has 2 atom stereocenters. The van der Waals surface area contributed by atoms with Crippen LogP contribution in [0.1, 0.15) is 75.6 Å². The van der Waals surface area contributed by atoms with Gasteiger partial charge in [0.25, 0.3) is 0 Å². The minimum atomic E-state index is -0.779. The molecule has 0 aliphatic carbocycles. The summed E-state index contributed by atoms with van der Waals surface area (Å²) in [6.45, 7) is 4.09. The molecule has 0 heterocycles. The number of rotatable bonds is 12. The zero-order chi connectivity index (χ0) is 17.1. The second-order valence-corrected chi connectivity index (χ2v) is 6.38. The van der Waals surface area contributed by atoms with E-state index in [-0.39, 0.29) is 23.0 Å². The number of hydrogen-bond acceptors (Lipinski definition) is 3. The third kappa shape index (κ3) is 7.40. The van der Waals surface area contributed by atoms with Gasteiger partial charge in [-0.1, -0.05) is 82.7 Å². The maximum Gasteiger partial charge on any atom is 0.222 e. The quantitative estimate of drug-likeness (QED) is 0.227. The Morgan fingerprint density at radius 1 is 1.09 bits per heavy atom. The topological polar surface area (TPSA) is 60.2 Å². The summed E-state index contributed by atoms with van der Waals surface area (Å²) in [5, 5.41) is 11.3. The number of hydrogen-bond donors (Lipinski definition) is 0. The van der Waals surface area contributed by atoms with Crippen LogP contribution in [0.5, 0.6) is 0 Å². The van der Waals surface area contributed by atoms with Crippen LogP contribution in [0.3, 0.4) is 0 Å². The summed E-state index contributed by atoms with van der Waals surface area (Å²) in [7, 11) is 0. The minimum absolute atomic E-state index is 0.00594. The van der Waals surface area contributed by atoms with E-state index in [1.54, 1.807) is 24.3 Å². The van der Waals surface area contributed by atoms with Gasteiger partial charge in [-0.3, -0.25) is 14.9 Å². The molecule has 0 radical (unpaired) electrons. The van der Waals surface area contributed by atoms with Crippen molar-refractivity contribution in [2.24, 2.45) is 5.92 Å². The van der Waals surface area contributed by atoms with Gasteiger partial charge in [0.05, 0.1) is 6.42 Å². The maximum atomic E-state index is 12.2. The molecule has 0 bridgehead atoms. The van der Waals surface area contributed by atoms with Gasteiger partial charge < -0.3 is 0 Å². The van der Waals surface area contributed by atoms with Crippen LogP contribution in [0.4, 0.5) is 0 Å². The number of carbonyl (C=O) groups is 1. The molecule has 0 spiro atoms. The molecular formula is C19H29NO3. The number of benzene rings is 1. The van der Waals surface area contributed by atoms with Crippen molar-refractivity contribution >= 4 is 5.78 Å². The molecule has 0 unspecified atom stereocenters. The summed E-state index contributed by atoms with van der Waals surface area (Å²) in [6.07, 6.45) is 7.88. The van der Waals surface area contributed by atoms with Gasteiger partial charge in [0.1, 0.15) is 0 Å². The minimum Gasteiger partial charge on any atom is -0.294 e. The Morgan fingerprint density at radius 3 is 2.30 bits per heavy atom. The molecule has 1 rings (SSSR count). The molecular weight excluding hydrogens is 290 g/mol. The fourth-order valence-corrected chi connectivity index (χ4v) is 2.85. The number of Topliss-reactive ketones (excluding diaryl/α,β-unsaturated/α-hetero) is 1. The highest BCUT2D eigenvalue weighted by Gasteiger charge is 2.30. The van der Waals surface area contributed by atoms with Crippen molar-refractivity contribution in [1.29, 1.82) is 0 Å². The Bertz CT molecular complexity index is 473. The van der Waals surface area contributed by atoms with E-state index < -0.39 is 6.04 Å². The van der Waals surface area contributed by atoms with Crippen molar-refractivity contribution in [2.75, 3.05) is 0 Å². The van der Waals surface area contributed by atoms with E-state index in [1.165, 1.54) is 25.7 Å². The molecule has 0 aromatic heterocycles. The highest BCUT2D eigenvalue weighted by atomic mass is 16.6. The third-order valence-electron chi connectivity index (χ3n) is 4.43. The van der Waals surface area contributed by atoms with Crippen LogP contribution in [0.2, 0.25) is 0 Å². The fraction of sp³-hybridized carbons (Fsp3) is 0.632. The monoisotopic (exact) mass is 319 g/mol. The van der Waals surface area contributed by atoms with Crippen LogP contribution in [0.25, 0.3) is 0 Å². The van der Waals surface area contributed by atoms with Crippen molar-refractivity contribution in [2.45, 2.75) is 71.3 Å². The number of nitro groups is 1. The number of ketones is 1. The van der Waals surface area contributed by atoms with E-state index in [2.05, 4.69) is 6.92 Å². The molecule has 4 heteroatoms. The molecule has 0 saturated heterocycles. The summed E-state index contributed by atoms with van der Waals surface area (Å²) in [6, 6.07) is 8.07. The molecule has 0 saturated carbocycles. The molecule has 0 amide bonds.